The number of hydrogen-bond acceptors (Lipinski definition) is 5. The molecule has 1 aromatic rings. The molecule has 2 fully saturated rings. The number of hydrogen-bond donors (Lipinski definition) is 1. The fourth-order valence-corrected chi connectivity index (χ4v) is 4.16. The van der Waals surface area contributed by atoms with Gasteiger partial charge in [0.25, 0.3) is 0 Å². The number of nitrogens with zero attached hydrogens (tertiary/aromatic N) is 2. The molecule has 1 heterocycles. The van der Waals surface area contributed by atoms with E-state index in [4.69, 9.17) is 0 Å². The van der Waals surface area contributed by atoms with Crippen molar-refractivity contribution in [1.82, 2.24) is 15.1 Å². The summed E-state index contributed by atoms with van der Waals surface area (Å²) in [6.45, 7) is 2.75. The Balaban J connectivity index is 1.66. The zero-order valence-corrected chi connectivity index (χ0v) is 17.3. The third-order valence-electron chi connectivity index (χ3n) is 5.89. The standard InChI is InChI=1S/C22H27N3O5/c1-14-8-6-7-11-18(14)25-21(29)20(28)24(22(25)30)13-19(27)23-17(15(2)26)12-16-9-4-3-5-10-16/h3-5,9-10,14,17-18H,6-8,11-13H2,1-2H3,(H,23,27)/t14-,17+,18+/m1/s1. The molecular formula is C22H27N3O5. The lowest BCUT2D eigenvalue weighted by Crippen LogP contribution is -2.49. The summed E-state index contributed by atoms with van der Waals surface area (Å²) in [5.41, 5.74) is 0.874. The fourth-order valence-electron chi connectivity index (χ4n) is 4.16. The number of benzene rings is 1. The highest BCUT2D eigenvalue weighted by Gasteiger charge is 2.49. The monoisotopic (exact) mass is 413 g/mol. The molecule has 8 heteroatoms. The Morgan fingerprint density at radius 2 is 1.73 bits per heavy atom. The number of carbonyl (C=O) groups excluding carboxylic acids is 5. The Kier molecular flexibility index (Phi) is 6.64. The molecular weight excluding hydrogens is 386 g/mol. The highest BCUT2D eigenvalue weighted by atomic mass is 16.2. The summed E-state index contributed by atoms with van der Waals surface area (Å²) in [4.78, 5) is 63.8. The number of carbonyl (C=O) groups is 5. The zero-order valence-electron chi connectivity index (χ0n) is 17.3. The molecule has 0 spiro atoms. The number of Topliss-reactive ketones (excluding diaryl/α,β-unsaturated/α-hetero) is 1. The lowest BCUT2D eigenvalue weighted by Gasteiger charge is -2.34. The lowest BCUT2D eigenvalue weighted by atomic mass is 9.85. The predicted octanol–water partition coefficient (Wildman–Crippen LogP) is 1.67. The van der Waals surface area contributed by atoms with Gasteiger partial charge in [0, 0.05) is 6.04 Å². The van der Waals surface area contributed by atoms with Crippen LogP contribution in [0.3, 0.4) is 0 Å². The molecule has 0 radical (unpaired) electrons. The lowest BCUT2D eigenvalue weighted by molar-refractivity contribution is -0.145. The normalized spacial score (nSPS) is 22.9. The number of amides is 5. The molecule has 0 aromatic heterocycles. The summed E-state index contributed by atoms with van der Waals surface area (Å²) in [5, 5.41) is 2.59. The SMILES string of the molecule is CC(=O)[C@H](Cc1ccccc1)NC(=O)CN1C(=O)C(=O)N([C@H]2CCCC[C@H]2C)C1=O. The first-order chi connectivity index (χ1) is 14.3. The van der Waals surface area contributed by atoms with Gasteiger partial charge in [0.05, 0.1) is 6.04 Å². The van der Waals surface area contributed by atoms with Crippen LogP contribution in [-0.4, -0.2) is 58.0 Å². The molecule has 5 amide bonds. The number of nitrogens with one attached hydrogen (secondary N) is 1. The fraction of sp³-hybridized carbons (Fsp3) is 0.500. The van der Waals surface area contributed by atoms with E-state index in [1.807, 2.05) is 37.3 Å². The van der Waals surface area contributed by atoms with Crippen LogP contribution in [0.25, 0.3) is 0 Å². The van der Waals surface area contributed by atoms with E-state index in [1.54, 1.807) is 0 Å². The molecule has 1 saturated carbocycles. The van der Waals surface area contributed by atoms with Crippen molar-refractivity contribution >= 4 is 29.5 Å². The largest absolute Gasteiger partial charge is 0.344 e. The molecule has 1 aliphatic carbocycles. The summed E-state index contributed by atoms with van der Waals surface area (Å²) < 4.78 is 0. The number of imide groups is 2. The summed E-state index contributed by atoms with van der Waals surface area (Å²) in [5.74, 6) is -2.64. The van der Waals surface area contributed by atoms with E-state index in [-0.39, 0.29) is 17.7 Å². The van der Waals surface area contributed by atoms with Crippen molar-refractivity contribution in [3.05, 3.63) is 35.9 Å². The Morgan fingerprint density at radius 3 is 2.37 bits per heavy atom. The maximum absolute atomic E-state index is 12.8. The second-order valence-corrected chi connectivity index (χ2v) is 8.10. The van der Waals surface area contributed by atoms with E-state index in [0.29, 0.717) is 17.7 Å². The van der Waals surface area contributed by atoms with Crippen LogP contribution in [0, 0.1) is 5.92 Å². The first-order valence-electron chi connectivity index (χ1n) is 10.3. The van der Waals surface area contributed by atoms with Crippen LogP contribution in [0.15, 0.2) is 30.3 Å². The third kappa shape index (κ3) is 4.58. The van der Waals surface area contributed by atoms with Gasteiger partial charge < -0.3 is 5.32 Å². The van der Waals surface area contributed by atoms with Crippen molar-refractivity contribution in [3.8, 4) is 0 Å². The van der Waals surface area contributed by atoms with Crippen LogP contribution in [0.2, 0.25) is 0 Å². The van der Waals surface area contributed by atoms with Crippen LogP contribution in [-0.2, 0) is 25.6 Å². The molecule has 0 unspecified atom stereocenters. The van der Waals surface area contributed by atoms with Crippen molar-refractivity contribution in [2.24, 2.45) is 5.92 Å². The van der Waals surface area contributed by atoms with E-state index in [9.17, 15) is 24.0 Å². The van der Waals surface area contributed by atoms with Gasteiger partial charge in [-0.1, -0.05) is 50.1 Å². The van der Waals surface area contributed by atoms with Crippen molar-refractivity contribution in [2.45, 2.75) is 58.0 Å². The van der Waals surface area contributed by atoms with Gasteiger partial charge in [-0.2, -0.15) is 0 Å². The van der Waals surface area contributed by atoms with Gasteiger partial charge in [-0.05, 0) is 37.7 Å². The molecule has 1 aromatic carbocycles. The minimum absolute atomic E-state index is 0.112. The number of rotatable bonds is 7. The van der Waals surface area contributed by atoms with Gasteiger partial charge in [0.15, 0.2) is 5.78 Å². The van der Waals surface area contributed by atoms with Gasteiger partial charge in [-0.15, -0.1) is 0 Å². The van der Waals surface area contributed by atoms with Crippen molar-refractivity contribution < 1.29 is 24.0 Å². The molecule has 160 valence electrons. The topological polar surface area (TPSA) is 104 Å². The minimum atomic E-state index is -0.990. The van der Waals surface area contributed by atoms with Crippen LogP contribution in [0.5, 0.6) is 0 Å². The van der Waals surface area contributed by atoms with Gasteiger partial charge in [0.2, 0.25) is 5.91 Å². The number of urea groups is 1. The van der Waals surface area contributed by atoms with Crippen molar-refractivity contribution in [3.63, 3.8) is 0 Å². The summed E-state index contributed by atoms with van der Waals surface area (Å²) in [6.07, 6.45) is 3.77. The summed E-state index contributed by atoms with van der Waals surface area (Å²) in [7, 11) is 0. The van der Waals surface area contributed by atoms with Crippen LogP contribution in [0.1, 0.15) is 45.1 Å². The molecule has 3 atom stereocenters. The Morgan fingerprint density at radius 1 is 1.07 bits per heavy atom. The first kappa shape index (κ1) is 21.7. The molecule has 30 heavy (non-hydrogen) atoms. The van der Waals surface area contributed by atoms with E-state index in [1.165, 1.54) is 6.92 Å². The smallest absolute Gasteiger partial charge is 0.334 e. The van der Waals surface area contributed by atoms with Gasteiger partial charge in [-0.3, -0.25) is 24.1 Å². The van der Waals surface area contributed by atoms with E-state index < -0.39 is 36.3 Å². The summed E-state index contributed by atoms with van der Waals surface area (Å²) in [6, 6.07) is 7.36. The highest BCUT2D eigenvalue weighted by Crippen LogP contribution is 2.31. The molecule has 2 aliphatic rings. The predicted molar refractivity (Wildman–Crippen MR) is 108 cm³/mol. The second-order valence-electron chi connectivity index (χ2n) is 8.10. The number of ketones is 1. The second kappa shape index (κ2) is 9.19. The molecule has 1 saturated heterocycles. The first-order valence-corrected chi connectivity index (χ1v) is 10.3. The zero-order chi connectivity index (χ0) is 21.8. The molecule has 1 aliphatic heterocycles. The highest BCUT2D eigenvalue weighted by molar-refractivity contribution is 6.45. The average molecular weight is 413 g/mol. The maximum atomic E-state index is 12.8. The van der Waals surface area contributed by atoms with E-state index >= 15 is 0 Å². The molecule has 0 bridgehead atoms. The third-order valence-corrected chi connectivity index (χ3v) is 5.89. The van der Waals surface area contributed by atoms with Crippen LogP contribution in [0.4, 0.5) is 4.79 Å². The van der Waals surface area contributed by atoms with E-state index in [2.05, 4.69) is 5.32 Å². The van der Waals surface area contributed by atoms with Crippen LogP contribution < -0.4 is 5.32 Å². The molecule has 1 N–H and O–H groups in total. The Hall–Kier alpha value is -3.03. The Labute approximate surface area is 175 Å². The average Bonchev–Trinajstić information content (AvgIpc) is 2.92. The van der Waals surface area contributed by atoms with Crippen LogP contribution >= 0.6 is 0 Å². The van der Waals surface area contributed by atoms with Crippen molar-refractivity contribution in [2.75, 3.05) is 6.54 Å². The quantitative estimate of drug-likeness (QED) is 0.541. The van der Waals surface area contributed by atoms with Gasteiger partial charge >= 0.3 is 17.8 Å². The molecule has 3 rings (SSSR count). The Bertz CT molecular complexity index is 854. The van der Waals surface area contributed by atoms with Gasteiger partial charge in [0.1, 0.15) is 6.54 Å². The van der Waals surface area contributed by atoms with Crippen molar-refractivity contribution in [1.29, 1.82) is 0 Å². The molecule has 8 nitrogen and oxygen atoms in total. The van der Waals surface area contributed by atoms with E-state index in [0.717, 1.165) is 29.7 Å². The summed E-state index contributed by atoms with van der Waals surface area (Å²) >= 11 is 0. The van der Waals surface area contributed by atoms with Gasteiger partial charge in [-0.25, -0.2) is 9.69 Å². The minimum Gasteiger partial charge on any atom is -0.344 e. The maximum Gasteiger partial charge on any atom is 0.334 e.